The van der Waals surface area contributed by atoms with Gasteiger partial charge in [0.2, 0.25) is 0 Å². The highest BCUT2D eigenvalue weighted by atomic mass is 32.2. The van der Waals surface area contributed by atoms with Crippen LogP contribution in [0.1, 0.15) is 41.4 Å². The van der Waals surface area contributed by atoms with Gasteiger partial charge < -0.3 is 14.4 Å². The second-order valence-corrected chi connectivity index (χ2v) is 11.6. The van der Waals surface area contributed by atoms with Gasteiger partial charge in [-0.3, -0.25) is 14.4 Å². The molecule has 3 saturated heterocycles. The maximum Gasteiger partial charge on any atom is 0.274 e. The summed E-state index contributed by atoms with van der Waals surface area (Å²) in [5, 5.41) is 4.77. The summed E-state index contributed by atoms with van der Waals surface area (Å²) in [6.07, 6.45) is 2.79. The molecule has 4 aliphatic heterocycles. The maximum absolute atomic E-state index is 14.8. The van der Waals surface area contributed by atoms with E-state index < -0.39 is 21.4 Å². The van der Waals surface area contributed by atoms with Crippen molar-refractivity contribution >= 4 is 15.7 Å². The van der Waals surface area contributed by atoms with Gasteiger partial charge in [0.25, 0.3) is 5.91 Å². The Hall–Kier alpha value is -2.34. The molecule has 2 aromatic rings. The predicted octanol–water partition coefficient (Wildman–Crippen LogP) is 1.87. The molecule has 1 aromatic carbocycles. The highest BCUT2D eigenvalue weighted by Gasteiger charge is 2.41. The SMILES string of the molecule is O=C(c1nn([C@H]2CCN(C3CCOCC3)C2)c2c1CS(=O)(=O)c1c(F)cccc1-2)N1CCOCC1. The largest absolute Gasteiger partial charge is 0.381 e. The van der Waals surface area contributed by atoms with Gasteiger partial charge in [0, 0.05) is 56.6 Å². The van der Waals surface area contributed by atoms with Gasteiger partial charge >= 0.3 is 0 Å². The van der Waals surface area contributed by atoms with Crippen LogP contribution in [0.4, 0.5) is 4.39 Å². The molecule has 0 radical (unpaired) electrons. The number of benzene rings is 1. The molecule has 0 aliphatic carbocycles. The maximum atomic E-state index is 14.8. The van der Waals surface area contributed by atoms with Gasteiger partial charge in [0.15, 0.2) is 15.5 Å². The van der Waals surface area contributed by atoms with Crippen molar-refractivity contribution in [2.45, 2.75) is 42.0 Å². The summed E-state index contributed by atoms with van der Waals surface area (Å²) in [6, 6.07) is 4.72. The number of hydrogen-bond acceptors (Lipinski definition) is 7. The zero-order valence-corrected chi connectivity index (χ0v) is 20.3. The van der Waals surface area contributed by atoms with Gasteiger partial charge in [-0.15, -0.1) is 0 Å². The van der Waals surface area contributed by atoms with Crippen LogP contribution in [0.25, 0.3) is 11.3 Å². The standard InChI is InChI=1S/C24H29FN4O5S/c25-20-3-1-2-18-22-19(15-35(31,32)23(18)20)21(24(30)27-8-12-34-13-9-27)26-29(22)17-4-7-28(14-17)16-5-10-33-11-6-16/h1-3,16-17H,4-15H2/t17-/m0/s1. The first-order valence-electron chi connectivity index (χ1n) is 12.3. The minimum atomic E-state index is -3.96. The van der Waals surface area contributed by atoms with Gasteiger partial charge in [-0.2, -0.15) is 5.10 Å². The fraction of sp³-hybridized carbons (Fsp3) is 0.583. The van der Waals surface area contributed by atoms with E-state index in [1.807, 2.05) is 4.68 Å². The van der Waals surface area contributed by atoms with Crippen molar-refractivity contribution in [3.8, 4) is 11.3 Å². The van der Waals surface area contributed by atoms with Crippen LogP contribution in [0.5, 0.6) is 0 Å². The Morgan fingerprint density at radius 3 is 2.51 bits per heavy atom. The number of aromatic nitrogens is 2. The highest BCUT2D eigenvalue weighted by molar-refractivity contribution is 7.91. The Labute approximate surface area is 203 Å². The third-order valence-electron chi connectivity index (χ3n) is 7.62. The molecule has 11 heteroatoms. The normalized spacial score (nSPS) is 24.8. The lowest BCUT2D eigenvalue weighted by atomic mass is 10.0. The number of likely N-dealkylation sites (tertiary alicyclic amines) is 1. The minimum absolute atomic E-state index is 0.0326. The minimum Gasteiger partial charge on any atom is -0.381 e. The van der Waals surface area contributed by atoms with Crippen LogP contribution in [0.15, 0.2) is 23.1 Å². The third-order valence-corrected chi connectivity index (χ3v) is 9.33. The van der Waals surface area contributed by atoms with Gasteiger partial charge in [0.05, 0.1) is 30.7 Å². The molecule has 35 heavy (non-hydrogen) atoms. The molecule has 6 rings (SSSR count). The number of morpholine rings is 1. The fourth-order valence-corrected chi connectivity index (χ4v) is 7.53. The van der Waals surface area contributed by atoms with Crippen molar-refractivity contribution < 1.29 is 27.1 Å². The topological polar surface area (TPSA) is 94.0 Å². The van der Waals surface area contributed by atoms with Crippen LogP contribution < -0.4 is 0 Å². The summed E-state index contributed by atoms with van der Waals surface area (Å²) < 4.78 is 53.8. The molecule has 3 fully saturated rings. The number of ether oxygens (including phenoxy) is 2. The molecular formula is C24H29FN4O5S. The second kappa shape index (κ2) is 8.95. The van der Waals surface area contributed by atoms with E-state index in [1.54, 1.807) is 11.0 Å². The summed E-state index contributed by atoms with van der Waals surface area (Å²) in [7, 11) is -3.96. The lowest BCUT2D eigenvalue weighted by Crippen LogP contribution is -2.41. The molecule has 188 valence electrons. The number of carbonyl (C=O) groups excluding carboxylic acids is 1. The zero-order valence-electron chi connectivity index (χ0n) is 19.5. The Bertz CT molecular complexity index is 1250. The third kappa shape index (κ3) is 3.98. The Kier molecular flexibility index (Phi) is 5.90. The molecule has 0 bridgehead atoms. The highest BCUT2D eigenvalue weighted by Crippen LogP contribution is 2.43. The van der Waals surface area contributed by atoms with E-state index in [-0.39, 0.29) is 22.5 Å². The number of rotatable bonds is 3. The van der Waals surface area contributed by atoms with E-state index in [1.165, 1.54) is 12.1 Å². The van der Waals surface area contributed by atoms with Crippen LogP contribution in [0.3, 0.4) is 0 Å². The summed E-state index contributed by atoms with van der Waals surface area (Å²) in [5.41, 5.74) is 1.39. The van der Waals surface area contributed by atoms with E-state index in [2.05, 4.69) is 4.90 Å². The van der Waals surface area contributed by atoms with Gasteiger partial charge in [-0.25, -0.2) is 12.8 Å². The lowest BCUT2D eigenvalue weighted by Gasteiger charge is -2.31. The summed E-state index contributed by atoms with van der Waals surface area (Å²) in [6.45, 7) is 4.88. The Morgan fingerprint density at radius 2 is 1.74 bits per heavy atom. The van der Waals surface area contributed by atoms with Crippen LogP contribution >= 0.6 is 0 Å². The first-order chi connectivity index (χ1) is 16.9. The van der Waals surface area contributed by atoms with Crippen molar-refractivity contribution in [3.63, 3.8) is 0 Å². The lowest BCUT2D eigenvalue weighted by molar-refractivity contribution is 0.0297. The summed E-state index contributed by atoms with van der Waals surface area (Å²) >= 11 is 0. The molecule has 4 aliphatic rings. The molecule has 0 N–H and O–H groups in total. The number of hydrogen-bond donors (Lipinski definition) is 0. The van der Waals surface area contributed by atoms with E-state index in [9.17, 15) is 17.6 Å². The van der Waals surface area contributed by atoms with E-state index in [0.717, 1.165) is 45.6 Å². The molecular weight excluding hydrogens is 475 g/mol. The van der Waals surface area contributed by atoms with Gasteiger partial charge in [-0.05, 0) is 25.3 Å². The average Bonchev–Trinajstić information content (AvgIpc) is 3.49. The molecule has 0 saturated carbocycles. The molecule has 1 amide bonds. The molecule has 0 spiro atoms. The quantitative estimate of drug-likeness (QED) is 0.630. The summed E-state index contributed by atoms with van der Waals surface area (Å²) in [5.74, 6) is -1.49. The second-order valence-electron chi connectivity index (χ2n) is 9.68. The monoisotopic (exact) mass is 504 g/mol. The first kappa shape index (κ1) is 23.1. The number of fused-ring (bicyclic) bond motifs is 3. The van der Waals surface area contributed by atoms with Crippen molar-refractivity contribution in [1.29, 1.82) is 0 Å². The van der Waals surface area contributed by atoms with E-state index >= 15 is 0 Å². The van der Waals surface area contributed by atoms with E-state index in [4.69, 9.17) is 14.6 Å². The number of nitrogens with zero attached hydrogens (tertiary/aromatic N) is 4. The first-order valence-corrected chi connectivity index (χ1v) is 13.9. The van der Waals surface area contributed by atoms with Crippen LogP contribution in [0.2, 0.25) is 0 Å². The molecule has 1 atom stereocenters. The number of carbonyl (C=O) groups is 1. The van der Waals surface area contributed by atoms with Crippen LogP contribution in [0, 0.1) is 5.82 Å². The van der Waals surface area contributed by atoms with Crippen LogP contribution in [-0.4, -0.2) is 92.6 Å². The number of halogens is 1. The van der Waals surface area contributed by atoms with Crippen molar-refractivity contribution in [3.05, 3.63) is 35.3 Å². The van der Waals surface area contributed by atoms with Gasteiger partial charge in [-0.1, -0.05) is 12.1 Å². The number of amides is 1. The molecule has 1 aromatic heterocycles. The molecule has 9 nitrogen and oxygen atoms in total. The average molecular weight is 505 g/mol. The Balaban J connectivity index is 1.44. The van der Waals surface area contributed by atoms with Crippen molar-refractivity contribution in [2.75, 3.05) is 52.6 Å². The summed E-state index contributed by atoms with van der Waals surface area (Å²) in [4.78, 5) is 17.3. The van der Waals surface area contributed by atoms with Crippen molar-refractivity contribution in [1.82, 2.24) is 19.6 Å². The Morgan fingerprint density at radius 1 is 1.00 bits per heavy atom. The molecule has 0 unspecified atom stereocenters. The number of sulfone groups is 1. The zero-order chi connectivity index (χ0) is 24.2. The predicted molar refractivity (Wildman–Crippen MR) is 124 cm³/mol. The smallest absolute Gasteiger partial charge is 0.274 e. The van der Waals surface area contributed by atoms with Gasteiger partial charge in [0.1, 0.15) is 10.7 Å². The molecule has 5 heterocycles. The van der Waals surface area contributed by atoms with E-state index in [0.29, 0.717) is 49.2 Å². The van der Waals surface area contributed by atoms with Crippen molar-refractivity contribution in [2.24, 2.45) is 0 Å². The van der Waals surface area contributed by atoms with Crippen LogP contribution in [-0.2, 0) is 25.1 Å². The fourth-order valence-electron chi connectivity index (χ4n) is 5.87.